The van der Waals surface area contributed by atoms with Gasteiger partial charge in [-0.25, -0.2) is 5.01 Å². The molecule has 7 nitrogen and oxygen atoms in total. The highest BCUT2D eigenvalue weighted by Crippen LogP contribution is 2.24. The van der Waals surface area contributed by atoms with Crippen LogP contribution in [0.25, 0.3) is 10.9 Å². The third kappa shape index (κ3) is 4.51. The van der Waals surface area contributed by atoms with E-state index < -0.39 is 0 Å². The van der Waals surface area contributed by atoms with Crippen molar-refractivity contribution in [2.75, 3.05) is 33.7 Å². The van der Waals surface area contributed by atoms with Crippen LogP contribution >= 0.6 is 0 Å². The van der Waals surface area contributed by atoms with E-state index in [0.29, 0.717) is 18.8 Å². The summed E-state index contributed by atoms with van der Waals surface area (Å²) in [4.78, 5) is 27.9. The maximum Gasteiger partial charge on any atom is 0.291 e. The smallest absolute Gasteiger partial charge is 0.291 e. The van der Waals surface area contributed by atoms with Crippen LogP contribution in [0.5, 0.6) is 0 Å². The van der Waals surface area contributed by atoms with Crippen molar-refractivity contribution in [1.82, 2.24) is 19.8 Å². The Morgan fingerprint density at radius 1 is 1.13 bits per heavy atom. The number of aromatic nitrogens is 1. The molecule has 0 aliphatic carbocycles. The molecular weight excluding hydrogens is 390 g/mol. The van der Waals surface area contributed by atoms with Crippen molar-refractivity contribution in [1.29, 1.82) is 0 Å². The van der Waals surface area contributed by atoms with Crippen molar-refractivity contribution in [3.8, 4) is 0 Å². The molecule has 0 radical (unpaired) electrons. The molecule has 160 valence electrons. The average molecular weight is 418 g/mol. The Balaban J connectivity index is 1.70. The summed E-state index contributed by atoms with van der Waals surface area (Å²) < 4.78 is 1.99. The summed E-state index contributed by atoms with van der Waals surface area (Å²) in [5.41, 5.74) is 4.34. The lowest BCUT2D eigenvalue weighted by Gasteiger charge is -2.17. The van der Waals surface area contributed by atoms with Gasteiger partial charge in [-0.3, -0.25) is 9.59 Å². The van der Waals surface area contributed by atoms with E-state index in [2.05, 4.69) is 10.4 Å². The fourth-order valence-corrected chi connectivity index (χ4v) is 3.68. The predicted octanol–water partition coefficient (Wildman–Crippen LogP) is 2.49. The third-order valence-electron chi connectivity index (χ3n) is 5.37. The molecular formula is C24H27N5O2. The molecule has 0 saturated heterocycles. The van der Waals surface area contributed by atoms with Crippen LogP contribution in [0.4, 0.5) is 0 Å². The van der Waals surface area contributed by atoms with E-state index in [9.17, 15) is 9.59 Å². The number of fused-ring (bicyclic) bond motifs is 3. The van der Waals surface area contributed by atoms with Crippen LogP contribution in [0.15, 0.2) is 59.7 Å². The van der Waals surface area contributed by atoms with Crippen LogP contribution in [-0.2, 0) is 11.3 Å². The average Bonchev–Trinajstić information content (AvgIpc) is 3.04. The molecule has 0 bridgehead atoms. The number of rotatable bonds is 6. The summed E-state index contributed by atoms with van der Waals surface area (Å²) in [6, 6.07) is 17.8. The van der Waals surface area contributed by atoms with Crippen molar-refractivity contribution in [2.45, 2.75) is 13.5 Å². The maximum absolute atomic E-state index is 13.4. The van der Waals surface area contributed by atoms with E-state index in [1.165, 1.54) is 5.01 Å². The van der Waals surface area contributed by atoms with Crippen molar-refractivity contribution < 1.29 is 9.59 Å². The molecule has 1 N–H and O–H groups in total. The van der Waals surface area contributed by atoms with Crippen LogP contribution in [-0.4, -0.2) is 65.7 Å². The molecule has 1 aliphatic heterocycles. The lowest BCUT2D eigenvalue weighted by atomic mass is 10.1. The Morgan fingerprint density at radius 2 is 1.87 bits per heavy atom. The van der Waals surface area contributed by atoms with Crippen LogP contribution in [0.1, 0.15) is 21.6 Å². The molecule has 1 aliphatic rings. The van der Waals surface area contributed by atoms with Gasteiger partial charge in [-0.05, 0) is 38.7 Å². The molecule has 3 aromatic rings. The fraction of sp³-hybridized carbons (Fsp3) is 0.292. The summed E-state index contributed by atoms with van der Waals surface area (Å²) in [6.45, 7) is 3.61. The molecule has 2 heterocycles. The van der Waals surface area contributed by atoms with Gasteiger partial charge in [0, 0.05) is 24.0 Å². The number of benzene rings is 2. The Labute approximate surface area is 181 Å². The number of hydrogen-bond donors (Lipinski definition) is 1. The number of aryl methyl sites for hydroxylation is 1. The van der Waals surface area contributed by atoms with Crippen LogP contribution in [0.2, 0.25) is 0 Å². The summed E-state index contributed by atoms with van der Waals surface area (Å²) in [5.74, 6) is -0.507. The summed E-state index contributed by atoms with van der Waals surface area (Å²) in [6.07, 6.45) is 0. The first kappa shape index (κ1) is 20.8. The standard InChI is InChI=1S/C24H27N5O2/c1-17-8-10-18(11-9-17)20-15-28-21-7-5-4-6-19(21)14-22(28)24(31)29(26-20)16-23(30)25-12-13-27(2)3/h4-11,14H,12-13,15-16H2,1-3H3,(H,25,30). The maximum atomic E-state index is 13.4. The summed E-state index contributed by atoms with van der Waals surface area (Å²) in [5, 5.41) is 9.79. The topological polar surface area (TPSA) is 69.9 Å². The molecule has 4 rings (SSSR count). The second-order valence-corrected chi connectivity index (χ2v) is 8.10. The molecule has 0 unspecified atom stereocenters. The lowest BCUT2D eigenvalue weighted by Crippen LogP contribution is -2.40. The Kier molecular flexibility index (Phi) is 5.86. The normalized spacial score (nSPS) is 13.9. The SMILES string of the molecule is Cc1ccc(C2=NN(CC(=O)NCCN(C)C)C(=O)c3cc4ccccc4n3C2)cc1. The summed E-state index contributed by atoms with van der Waals surface area (Å²) in [7, 11) is 3.89. The Bertz CT molecular complexity index is 1140. The van der Waals surface area contributed by atoms with E-state index in [1.54, 1.807) is 0 Å². The van der Waals surface area contributed by atoms with Crippen LogP contribution in [0, 0.1) is 6.92 Å². The molecule has 31 heavy (non-hydrogen) atoms. The first-order valence-corrected chi connectivity index (χ1v) is 10.4. The largest absolute Gasteiger partial charge is 0.353 e. The van der Waals surface area contributed by atoms with Gasteiger partial charge in [-0.1, -0.05) is 48.0 Å². The minimum Gasteiger partial charge on any atom is -0.353 e. The van der Waals surface area contributed by atoms with E-state index in [0.717, 1.165) is 34.3 Å². The highest BCUT2D eigenvalue weighted by molar-refractivity contribution is 6.07. The zero-order chi connectivity index (χ0) is 22.0. The van der Waals surface area contributed by atoms with Gasteiger partial charge < -0.3 is 14.8 Å². The predicted molar refractivity (Wildman–Crippen MR) is 122 cm³/mol. The zero-order valence-electron chi connectivity index (χ0n) is 18.1. The minimum absolute atomic E-state index is 0.122. The van der Waals surface area contributed by atoms with Gasteiger partial charge in [-0.2, -0.15) is 5.10 Å². The molecule has 0 saturated carbocycles. The van der Waals surface area contributed by atoms with E-state index >= 15 is 0 Å². The van der Waals surface area contributed by atoms with Gasteiger partial charge in [0.1, 0.15) is 12.2 Å². The Hall–Kier alpha value is -3.45. The molecule has 7 heteroatoms. The number of likely N-dealkylation sites (N-methyl/N-ethyl adjacent to an activating group) is 1. The number of hydrazone groups is 1. The summed E-state index contributed by atoms with van der Waals surface area (Å²) >= 11 is 0. The first-order chi connectivity index (χ1) is 14.9. The van der Waals surface area contributed by atoms with E-state index in [-0.39, 0.29) is 18.4 Å². The van der Waals surface area contributed by atoms with Gasteiger partial charge in [0.25, 0.3) is 5.91 Å². The number of amides is 2. The first-order valence-electron chi connectivity index (χ1n) is 10.4. The van der Waals surface area contributed by atoms with Gasteiger partial charge in [0.2, 0.25) is 5.91 Å². The quantitative estimate of drug-likeness (QED) is 0.670. The molecule has 0 spiro atoms. The van der Waals surface area contributed by atoms with Crippen LogP contribution < -0.4 is 5.32 Å². The number of hydrogen-bond acceptors (Lipinski definition) is 4. The van der Waals surface area contributed by atoms with Crippen LogP contribution in [0.3, 0.4) is 0 Å². The van der Waals surface area contributed by atoms with E-state index in [1.807, 2.05) is 85.1 Å². The van der Waals surface area contributed by atoms with Crippen molar-refractivity contribution in [2.24, 2.45) is 5.10 Å². The van der Waals surface area contributed by atoms with Gasteiger partial charge >= 0.3 is 0 Å². The number of nitrogens with one attached hydrogen (secondary N) is 1. The minimum atomic E-state index is -0.277. The zero-order valence-corrected chi connectivity index (χ0v) is 18.1. The lowest BCUT2D eigenvalue weighted by molar-refractivity contribution is -0.121. The fourth-order valence-electron chi connectivity index (χ4n) is 3.68. The van der Waals surface area contributed by atoms with Crippen molar-refractivity contribution in [3.63, 3.8) is 0 Å². The van der Waals surface area contributed by atoms with Crippen molar-refractivity contribution in [3.05, 3.63) is 71.4 Å². The number of carbonyl (C=O) groups excluding carboxylic acids is 2. The number of nitrogens with zero attached hydrogens (tertiary/aromatic N) is 4. The highest BCUT2D eigenvalue weighted by Gasteiger charge is 2.28. The molecule has 2 aromatic carbocycles. The number of carbonyl (C=O) groups is 2. The van der Waals surface area contributed by atoms with Crippen molar-refractivity contribution >= 4 is 28.4 Å². The van der Waals surface area contributed by atoms with E-state index in [4.69, 9.17) is 0 Å². The van der Waals surface area contributed by atoms with Gasteiger partial charge in [-0.15, -0.1) is 0 Å². The second-order valence-electron chi connectivity index (χ2n) is 8.10. The Morgan fingerprint density at radius 3 is 2.61 bits per heavy atom. The third-order valence-corrected chi connectivity index (χ3v) is 5.37. The molecule has 1 aromatic heterocycles. The van der Waals surface area contributed by atoms with Gasteiger partial charge in [0.05, 0.1) is 12.3 Å². The highest BCUT2D eigenvalue weighted by atomic mass is 16.2. The molecule has 0 fully saturated rings. The monoisotopic (exact) mass is 417 g/mol. The number of para-hydroxylation sites is 1. The second kappa shape index (κ2) is 8.73. The molecule has 2 amide bonds. The molecule has 0 atom stereocenters. The van der Waals surface area contributed by atoms with Gasteiger partial charge in [0.15, 0.2) is 0 Å².